The van der Waals surface area contributed by atoms with Crippen molar-refractivity contribution in [2.24, 2.45) is 5.92 Å². The molecule has 0 aliphatic carbocycles. The average molecular weight is 339 g/mol. The molecule has 1 fully saturated rings. The topological polar surface area (TPSA) is 67.9 Å². The number of rotatable bonds is 3. The van der Waals surface area contributed by atoms with Gasteiger partial charge in [0.25, 0.3) is 0 Å². The zero-order valence-corrected chi connectivity index (χ0v) is 13.7. The van der Waals surface area contributed by atoms with Crippen LogP contribution in [0, 0.1) is 5.92 Å². The molecule has 0 radical (unpaired) electrons. The number of nitrogens with zero attached hydrogens (tertiary/aromatic N) is 1. The minimum Gasteiger partial charge on any atom is -0.489 e. The van der Waals surface area contributed by atoms with E-state index >= 15 is 0 Å². The predicted octanol–water partition coefficient (Wildman–Crippen LogP) is 1.60. The molecule has 1 saturated heterocycles. The normalized spacial score (nSPS) is 20.3. The van der Waals surface area contributed by atoms with Crippen LogP contribution in [0.25, 0.3) is 0 Å². The zero-order chi connectivity index (χ0) is 16.4. The number of likely N-dealkylation sites (tertiary alicyclic amines) is 1. The van der Waals surface area contributed by atoms with E-state index in [0.717, 1.165) is 12.0 Å². The van der Waals surface area contributed by atoms with Crippen LogP contribution in [0.4, 0.5) is 0 Å². The van der Waals surface area contributed by atoms with Gasteiger partial charge in [0.15, 0.2) is 11.5 Å². The van der Waals surface area contributed by atoms with E-state index in [-0.39, 0.29) is 24.2 Å². The van der Waals surface area contributed by atoms with Crippen LogP contribution in [0.5, 0.6) is 11.5 Å². The molecule has 2 heterocycles. The number of carbonyl (C=O) groups is 2. The summed E-state index contributed by atoms with van der Waals surface area (Å²) in [6.07, 6.45) is 1.07. The fraction of sp³-hybridized carbons (Fsp3) is 0.500. The maximum atomic E-state index is 12.2. The lowest BCUT2D eigenvalue weighted by Gasteiger charge is -2.14. The Bertz CT molecular complexity index is 635. The number of benzene rings is 1. The van der Waals surface area contributed by atoms with Gasteiger partial charge in [0.05, 0.1) is 24.2 Å². The molecule has 0 spiro atoms. The highest BCUT2D eigenvalue weighted by Gasteiger charge is 2.31. The molecular formula is C16H19ClN2O4. The molecule has 1 atom stereocenters. The first kappa shape index (κ1) is 15.9. The molecule has 2 aliphatic heterocycles. The molecule has 124 valence electrons. The van der Waals surface area contributed by atoms with E-state index in [1.807, 2.05) is 6.07 Å². The average Bonchev–Trinajstić information content (AvgIpc) is 2.74. The van der Waals surface area contributed by atoms with Crippen LogP contribution in [-0.2, 0) is 16.1 Å². The molecule has 23 heavy (non-hydrogen) atoms. The van der Waals surface area contributed by atoms with E-state index < -0.39 is 0 Å². The van der Waals surface area contributed by atoms with Crippen molar-refractivity contribution in [1.29, 1.82) is 0 Å². The first-order chi connectivity index (χ1) is 11.0. The van der Waals surface area contributed by atoms with Crippen molar-refractivity contribution in [3.05, 3.63) is 22.7 Å². The van der Waals surface area contributed by atoms with Gasteiger partial charge in [-0.05, 0) is 17.7 Å². The van der Waals surface area contributed by atoms with Crippen molar-refractivity contribution >= 4 is 23.4 Å². The molecule has 7 heteroatoms. The Morgan fingerprint density at radius 3 is 2.91 bits per heavy atom. The molecule has 6 nitrogen and oxygen atoms in total. The monoisotopic (exact) mass is 338 g/mol. The van der Waals surface area contributed by atoms with Gasteiger partial charge in [0.1, 0.15) is 0 Å². The number of carbonyl (C=O) groups excluding carboxylic acids is 2. The summed E-state index contributed by atoms with van der Waals surface area (Å²) >= 11 is 6.23. The van der Waals surface area contributed by atoms with Crippen LogP contribution >= 0.6 is 11.6 Å². The summed E-state index contributed by atoms with van der Waals surface area (Å²) in [6.45, 7) is 1.96. The third kappa shape index (κ3) is 3.52. The van der Waals surface area contributed by atoms with Crippen molar-refractivity contribution < 1.29 is 19.1 Å². The van der Waals surface area contributed by atoms with Crippen LogP contribution < -0.4 is 14.8 Å². The fourth-order valence-corrected chi connectivity index (χ4v) is 3.05. The third-order valence-electron chi connectivity index (χ3n) is 4.04. The Morgan fingerprint density at radius 1 is 1.39 bits per heavy atom. The molecule has 0 bridgehead atoms. The lowest BCUT2D eigenvalue weighted by Crippen LogP contribution is -2.31. The van der Waals surface area contributed by atoms with Gasteiger partial charge in [0.2, 0.25) is 11.8 Å². The van der Waals surface area contributed by atoms with Crippen molar-refractivity contribution in [2.45, 2.75) is 19.4 Å². The van der Waals surface area contributed by atoms with Crippen molar-refractivity contribution in [2.75, 3.05) is 26.8 Å². The second-order valence-corrected chi connectivity index (χ2v) is 6.26. The van der Waals surface area contributed by atoms with Crippen LogP contribution in [0.1, 0.15) is 18.4 Å². The van der Waals surface area contributed by atoms with E-state index in [9.17, 15) is 9.59 Å². The molecule has 3 rings (SSSR count). The van der Waals surface area contributed by atoms with Crippen molar-refractivity contribution in [3.63, 3.8) is 0 Å². The smallest absolute Gasteiger partial charge is 0.225 e. The minimum atomic E-state index is -0.289. The van der Waals surface area contributed by atoms with Crippen LogP contribution in [-0.4, -0.2) is 43.5 Å². The quantitative estimate of drug-likeness (QED) is 0.909. The lowest BCUT2D eigenvalue weighted by molar-refractivity contribution is -0.128. The predicted molar refractivity (Wildman–Crippen MR) is 84.6 cm³/mol. The van der Waals surface area contributed by atoms with Crippen LogP contribution in [0.3, 0.4) is 0 Å². The van der Waals surface area contributed by atoms with Crippen molar-refractivity contribution in [3.8, 4) is 11.5 Å². The van der Waals surface area contributed by atoms with Gasteiger partial charge in [-0.1, -0.05) is 11.6 Å². The molecule has 0 aromatic heterocycles. The van der Waals surface area contributed by atoms with E-state index in [4.69, 9.17) is 21.1 Å². The van der Waals surface area contributed by atoms with E-state index in [2.05, 4.69) is 5.32 Å². The van der Waals surface area contributed by atoms with Gasteiger partial charge in [-0.25, -0.2) is 0 Å². The Balaban J connectivity index is 1.64. The Labute approximate surface area is 139 Å². The third-order valence-corrected chi connectivity index (χ3v) is 4.32. The Hall–Kier alpha value is -1.95. The van der Waals surface area contributed by atoms with Crippen molar-refractivity contribution in [1.82, 2.24) is 10.2 Å². The van der Waals surface area contributed by atoms with Gasteiger partial charge in [-0.3, -0.25) is 9.59 Å². The first-order valence-electron chi connectivity index (χ1n) is 7.64. The molecule has 2 aliphatic rings. The van der Waals surface area contributed by atoms with Crippen LogP contribution in [0.2, 0.25) is 5.02 Å². The first-order valence-corrected chi connectivity index (χ1v) is 8.02. The second kappa shape index (κ2) is 6.66. The maximum Gasteiger partial charge on any atom is 0.225 e. The van der Waals surface area contributed by atoms with Gasteiger partial charge in [-0.15, -0.1) is 0 Å². The molecule has 1 aromatic carbocycles. The standard InChI is InChI=1S/C16H19ClN2O4/c1-19-9-11(7-14(19)20)16(21)18-8-10-5-12(17)15-13(6-10)22-3-2-4-23-15/h5-6,11H,2-4,7-9H2,1H3,(H,18,21)/t11-/m0/s1. The largest absolute Gasteiger partial charge is 0.489 e. The number of fused-ring (bicyclic) bond motifs is 1. The zero-order valence-electron chi connectivity index (χ0n) is 12.9. The summed E-state index contributed by atoms with van der Waals surface area (Å²) < 4.78 is 11.2. The molecule has 2 amide bonds. The summed E-state index contributed by atoms with van der Waals surface area (Å²) in [5.41, 5.74) is 0.838. The van der Waals surface area contributed by atoms with Gasteiger partial charge in [-0.2, -0.15) is 0 Å². The Morgan fingerprint density at radius 2 is 2.17 bits per heavy atom. The summed E-state index contributed by atoms with van der Waals surface area (Å²) in [7, 11) is 1.71. The van der Waals surface area contributed by atoms with E-state index in [1.54, 1.807) is 18.0 Å². The summed E-state index contributed by atoms with van der Waals surface area (Å²) in [4.78, 5) is 25.2. The summed E-state index contributed by atoms with van der Waals surface area (Å²) in [5.74, 6) is 0.760. The molecule has 1 N–H and O–H groups in total. The maximum absolute atomic E-state index is 12.2. The lowest BCUT2D eigenvalue weighted by atomic mass is 10.1. The van der Waals surface area contributed by atoms with Gasteiger partial charge in [0, 0.05) is 33.0 Å². The molecule has 0 saturated carbocycles. The summed E-state index contributed by atoms with van der Waals surface area (Å²) in [6, 6.07) is 3.60. The highest BCUT2D eigenvalue weighted by Crippen LogP contribution is 2.37. The summed E-state index contributed by atoms with van der Waals surface area (Å²) in [5, 5.41) is 3.34. The number of hydrogen-bond donors (Lipinski definition) is 1. The SMILES string of the molecule is CN1C[C@@H](C(=O)NCc2cc(Cl)c3c(c2)OCCCO3)CC1=O. The van der Waals surface area contributed by atoms with E-state index in [1.165, 1.54) is 0 Å². The number of ether oxygens (including phenoxy) is 2. The van der Waals surface area contributed by atoms with Crippen LogP contribution in [0.15, 0.2) is 12.1 Å². The number of nitrogens with one attached hydrogen (secondary N) is 1. The van der Waals surface area contributed by atoms with Gasteiger partial charge >= 0.3 is 0 Å². The van der Waals surface area contributed by atoms with Gasteiger partial charge < -0.3 is 19.7 Å². The second-order valence-electron chi connectivity index (χ2n) is 5.85. The highest BCUT2D eigenvalue weighted by atomic mass is 35.5. The minimum absolute atomic E-state index is 0.00349. The Kier molecular flexibility index (Phi) is 4.61. The molecule has 0 unspecified atom stereocenters. The fourth-order valence-electron chi connectivity index (χ4n) is 2.76. The number of amides is 2. The molecular weight excluding hydrogens is 320 g/mol. The number of halogens is 1. The highest BCUT2D eigenvalue weighted by molar-refractivity contribution is 6.32. The van der Waals surface area contributed by atoms with E-state index in [0.29, 0.717) is 42.8 Å². The number of hydrogen-bond acceptors (Lipinski definition) is 4. The molecule has 1 aromatic rings.